The van der Waals surface area contributed by atoms with Crippen molar-refractivity contribution in [2.45, 2.75) is 10.8 Å². The number of carbonyl (C=O) groups is 1. The van der Waals surface area contributed by atoms with Crippen molar-refractivity contribution >= 4 is 49.4 Å². The van der Waals surface area contributed by atoms with Gasteiger partial charge in [0.2, 0.25) is 0 Å². The summed E-state index contributed by atoms with van der Waals surface area (Å²) >= 11 is 0. The number of nitrogens with zero attached hydrogens (tertiary/aromatic N) is 2. The molecule has 0 saturated heterocycles. The van der Waals surface area contributed by atoms with Gasteiger partial charge in [-0.05, 0) is 139 Å². The van der Waals surface area contributed by atoms with Crippen LogP contribution in [0.4, 0.5) is 0 Å². The van der Waals surface area contributed by atoms with Crippen molar-refractivity contribution in [1.82, 2.24) is 9.13 Å². The summed E-state index contributed by atoms with van der Waals surface area (Å²) in [4.78, 5) is 15.7. The highest BCUT2D eigenvalue weighted by Gasteiger charge is 2.52. The smallest absolute Gasteiger partial charge is 0.193 e. The van der Waals surface area contributed by atoms with Gasteiger partial charge in [0.05, 0.1) is 32.9 Å². The minimum absolute atomic E-state index is 0.000414. The molecule has 3 aliphatic carbocycles. The molecule has 0 N–H and O–H groups in total. The average molecular weight is 991 g/mol. The summed E-state index contributed by atoms with van der Waals surface area (Å²) in [6, 6.07) is 102. The quantitative estimate of drug-likeness (QED) is 0.153. The lowest BCUT2D eigenvalue weighted by atomic mass is 9.67. The van der Waals surface area contributed by atoms with Crippen molar-refractivity contribution in [3.05, 3.63) is 335 Å². The van der Waals surface area contributed by atoms with E-state index in [1.807, 2.05) is 0 Å². The van der Waals surface area contributed by atoms with E-state index in [0.29, 0.717) is 11.1 Å². The molecule has 1 spiro atoms. The third-order valence-corrected chi connectivity index (χ3v) is 17.8. The zero-order valence-corrected chi connectivity index (χ0v) is 42.4. The van der Waals surface area contributed by atoms with E-state index in [2.05, 4.69) is 288 Å². The first-order valence-electron chi connectivity index (χ1n) is 27.0. The largest absolute Gasteiger partial charge is 0.309 e. The van der Waals surface area contributed by atoms with E-state index in [1.165, 1.54) is 93.7 Å². The van der Waals surface area contributed by atoms with Crippen molar-refractivity contribution < 1.29 is 4.79 Å². The number of benzene rings is 12. The Kier molecular flexibility index (Phi) is 8.84. The van der Waals surface area contributed by atoms with Crippen LogP contribution in [0.25, 0.3) is 88.4 Å². The molecule has 0 aliphatic heterocycles. The first-order valence-corrected chi connectivity index (χ1v) is 27.0. The SMILES string of the molecule is O=C(c1ccc2c(c1)C(c1ccc(-n3c4ccccc4c4ccccc43)cc1)(c1ccc(-n3c4ccccc4c4ccccc43)cc1)c1ccccc1-2)c1ccc2c(c1)C1(c3ccccc3-c3ccccc31)c1ccccc1-2. The molecule has 0 fully saturated rings. The number of hydrogen-bond donors (Lipinski definition) is 0. The molecule has 0 bridgehead atoms. The molecule has 78 heavy (non-hydrogen) atoms. The van der Waals surface area contributed by atoms with E-state index in [0.717, 1.165) is 39.2 Å². The molecular weight excluding hydrogens is 945 g/mol. The van der Waals surface area contributed by atoms with Crippen molar-refractivity contribution in [1.29, 1.82) is 0 Å². The zero-order valence-electron chi connectivity index (χ0n) is 42.4. The van der Waals surface area contributed by atoms with Crippen molar-refractivity contribution in [3.8, 4) is 44.8 Å². The Morgan fingerprint density at radius 2 is 0.538 bits per heavy atom. The van der Waals surface area contributed by atoms with Gasteiger partial charge in [-0.15, -0.1) is 0 Å². The first kappa shape index (κ1) is 43.2. The van der Waals surface area contributed by atoms with Crippen LogP contribution in [0.15, 0.2) is 279 Å². The highest BCUT2D eigenvalue weighted by atomic mass is 16.1. The summed E-state index contributed by atoms with van der Waals surface area (Å²) in [6.07, 6.45) is 0. The van der Waals surface area contributed by atoms with Crippen LogP contribution in [0.2, 0.25) is 0 Å². The van der Waals surface area contributed by atoms with Gasteiger partial charge in [0, 0.05) is 44.0 Å². The molecule has 0 radical (unpaired) electrons. The lowest BCUT2D eigenvalue weighted by Gasteiger charge is -2.34. The van der Waals surface area contributed by atoms with Gasteiger partial charge in [-0.25, -0.2) is 0 Å². The van der Waals surface area contributed by atoms with Crippen LogP contribution >= 0.6 is 0 Å². The predicted octanol–water partition coefficient (Wildman–Crippen LogP) is 17.8. The van der Waals surface area contributed by atoms with Gasteiger partial charge in [-0.1, -0.05) is 218 Å². The van der Waals surface area contributed by atoms with Crippen LogP contribution in [-0.2, 0) is 10.8 Å². The van der Waals surface area contributed by atoms with Crippen LogP contribution in [0.1, 0.15) is 60.4 Å². The summed E-state index contributed by atoms with van der Waals surface area (Å²) in [5.41, 5.74) is 23.5. The minimum atomic E-state index is -0.790. The Morgan fingerprint density at radius 3 is 0.897 bits per heavy atom. The van der Waals surface area contributed by atoms with E-state index < -0.39 is 10.8 Å². The van der Waals surface area contributed by atoms with Gasteiger partial charge in [0.15, 0.2) is 5.78 Å². The molecule has 0 unspecified atom stereocenters. The van der Waals surface area contributed by atoms with Crippen LogP contribution in [0, 0.1) is 0 Å². The number of rotatable bonds is 6. The molecule has 17 rings (SSSR count). The molecule has 3 aliphatic rings. The molecule has 0 atom stereocenters. The lowest BCUT2D eigenvalue weighted by molar-refractivity contribution is 0.103. The van der Waals surface area contributed by atoms with Gasteiger partial charge in [-0.2, -0.15) is 0 Å². The molecule has 3 nitrogen and oxygen atoms in total. The summed E-state index contributed by atoms with van der Waals surface area (Å²) < 4.78 is 4.77. The number of para-hydroxylation sites is 4. The van der Waals surface area contributed by atoms with E-state index in [1.54, 1.807) is 0 Å². The molecule has 12 aromatic carbocycles. The molecule has 362 valence electrons. The average Bonchev–Trinajstić information content (AvgIpc) is 4.23. The molecule has 3 heteroatoms. The Labute approximate surface area is 451 Å². The normalized spacial score (nSPS) is 13.9. The maximum Gasteiger partial charge on any atom is 0.193 e. The number of fused-ring (bicyclic) bond motifs is 19. The molecular formula is C75H46N2O. The fraction of sp³-hybridized carbons (Fsp3) is 0.0267. The third kappa shape index (κ3) is 5.54. The Hall–Kier alpha value is -10.1. The fourth-order valence-corrected chi connectivity index (χ4v) is 14.7. The zero-order chi connectivity index (χ0) is 51.3. The van der Waals surface area contributed by atoms with E-state index >= 15 is 4.79 Å². The first-order chi connectivity index (χ1) is 38.6. The molecule has 0 saturated carbocycles. The van der Waals surface area contributed by atoms with E-state index in [4.69, 9.17) is 0 Å². The molecule has 2 heterocycles. The predicted molar refractivity (Wildman–Crippen MR) is 319 cm³/mol. The lowest BCUT2D eigenvalue weighted by Crippen LogP contribution is -2.29. The van der Waals surface area contributed by atoms with Crippen LogP contribution in [0.3, 0.4) is 0 Å². The number of aromatic nitrogens is 2. The Balaban J connectivity index is 0.867. The van der Waals surface area contributed by atoms with Crippen LogP contribution in [-0.4, -0.2) is 14.9 Å². The summed E-state index contributed by atoms with van der Waals surface area (Å²) in [5, 5.41) is 4.92. The van der Waals surface area contributed by atoms with E-state index in [-0.39, 0.29) is 5.78 Å². The van der Waals surface area contributed by atoms with Crippen LogP contribution < -0.4 is 0 Å². The highest BCUT2D eigenvalue weighted by Crippen LogP contribution is 2.63. The summed E-state index contributed by atoms with van der Waals surface area (Å²) in [5.74, 6) is -0.000414. The second-order valence-corrected chi connectivity index (χ2v) is 21.4. The van der Waals surface area contributed by atoms with Gasteiger partial charge in [0.1, 0.15) is 0 Å². The van der Waals surface area contributed by atoms with Gasteiger partial charge in [-0.3, -0.25) is 4.79 Å². The number of hydrogen-bond acceptors (Lipinski definition) is 1. The standard InChI is InChI=1S/C75H46N2O/c78-73(48-34-44-58-56-20-4-12-28-66(56)75(68(58)46-48)64-26-10-2-17-53(64)54-18-3-11-27-65(54)75)47-33-43-57-55-19-1-9-25-63(55)74(67(57)45-47,49-35-39-51(40-36-49)76-69-29-13-5-21-59(69)60-22-6-14-30-70(60)76)50-37-41-52(42-38-50)77-71-31-15-7-23-61(71)62-24-8-16-32-72(62)77/h1-46H. The van der Waals surface area contributed by atoms with Gasteiger partial charge >= 0.3 is 0 Å². The van der Waals surface area contributed by atoms with E-state index in [9.17, 15) is 0 Å². The van der Waals surface area contributed by atoms with Crippen molar-refractivity contribution in [2.75, 3.05) is 0 Å². The molecule has 0 amide bonds. The molecule has 14 aromatic rings. The highest BCUT2D eigenvalue weighted by molar-refractivity contribution is 6.12. The van der Waals surface area contributed by atoms with Crippen molar-refractivity contribution in [3.63, 3.8) is 0 Å². The molecule has 2 aromatic heterocycles. The topological polar surface area (TPSA) is 26.9 Å². The van der Waals surface area contributed by atoms with Gasteiger partial charge in [0.25, 0.3) is 0 Å². The number of carbonyl (C=O) groups excluding carboxylic acids is 1. The Morgan fingerprint density at radius 1 is 0.256 bits per heavy atom. The summed E-state index contributed by atoms with van der Waals surface area (Å²) in [7, 11) is 0. The maximum absolute atomic E-state index is 15.7. The summed E-state index contributed by atoms with van der Waals surface area (Å²) in [6.45, 7) is 0. The van der Waals surface area contributed by atoms with Crippen molar-refractivity contribution in [2.24, 2.45) is 0 Å². The second-order valence-electron chi connectivity index (χ2n) is 21.4. The third-order valence-electron chi connectivity index (χ3n) is 17.8. The Bertz CT molecular complexity index is 4550. The number of ketones is 1. The second kappa shape index (κ2) is 16.0. The van der Waals surface area contributed by atoms with Gasteiger partial charge < -0.3 is 9.13 Å². The van der Waals surface area contributed by atoms with Crippen LogP contribution in [0.5, 0.6) is 0 Å². The minimum Gasteiger partial charge on any atom is -0.309 e. The fourth-order valence-electron chi connectivity index (χ4n) is 14.7. The maximum atomic E-state index is 15.7. The monoisotopic (exact) mass is 990 g/mol.